The highest BCUT2D eigenvalue weighted by Crippen LogP contribution is 2.37. The predicted octanol–water partition coefficient (Wildman–Crippen LogP) is 2.50. The standard InChI is InChI=1S/C16H17FN2O3/c1-9-13(15(20)22-2)14(10-4-3-5-11(17)8-10)18-16(21)19(9)12-6-7-12/h3-5,8,12,14H,6-7H2,1-2H3,(H,18,21). The molecule has 3 rings (SSSR count). The highest BCUT2D eigenvalue weighted by Gasteiger charge is 2.42. The van der Waals surface area contributed by atoms with Crippen LogP contribution in [0.4, 0.5) is 9.18 Å². The summed E-state index contributed by atoms with van der Waals surface area (Å²) < 4.78 is 18.3. The fraction of sp³-hybridized carbons (Fsp3) is 0.375. The smallest absolute Gasteiger partial charge is 0.337 e. The van der Waals surface area contributed by atoms with E-state index in [1.807, 2.05) is 0 Å². The minimum absolute atomic E-state index is 0.133. The van der Waals surface area contributed by atoms with Crippen molar-refractivity contribution < 1.29 is 18.7 Å². The molecule has 1 heterocycles. The van der Waals surface area contributed by atoms with Crippen LogP contribution < -0.4 is 5.32 Å². The van der Waals surface area contributed by atoms with Crippen LogP contribution in [0.5, 0.6) is 0 Å². The topological polar surface area (TPSA) is 58.6 Å². The number of benzene rings is 1. The van der Waals surface area contributed by atoms with Crippen LogP contribution in [0.15, 0.2) is 35.5 Å². The maximum atomic E-state index is 13.5. The molecule has 1 saturated carbocycles. The van der Waals surface area contributed by atoms with Crippen molar-refractivity contribution in [1.82, 2.24) is 10.2 Å². The molecule has 116 valence electrons. The molecule has 1 N–H and O–H groups in total. The van der Waals surface area contributed by atoms with Gasteiger partial charge in [0, 0.05) is 11.7 Å². The summed E-state index contributed by atoms with van der Waals surface area (Å²) in [5, 5.41) is 2.79. The van der Waals surface area contributed by atoms with E-state index in [0.29, 0.717) is 16.8 Å². The first-order valence-corrected chi connectivity index (χ1v) is 7.17. The van der Waals surface area contributed by atoms with Crippen molar-refractivity contribution in [3.8, 4) is 0 Å². The van der Waals surface area contributed by atoms with Gasteiger partial charge in [0.05, 0.1) is 18.7 Å². The van der Waals surface area contributed by atoms with Crippen molar-refractivity contribution in [2.24, 2.45) is 0 Å². The number of amides is 2. The quantitative estimate of drug-likeness (QED) is 0.873. The fourth-order valence-electron chi connectivity index (χ4n) is 2.84. The normalized spacial score (nSPS) is 21.7. The van der Waals surface area contributed by atoms with Crippen molar-refractivity contribution in [2.75, 3.05) is 7.11 Å². The van der Waals surface area contributed by atoms with Gasteiger partial charge in [-0.2, -0.15) is 0 Å². The average Bonchev–Trinajstić information content (AvgIpc) is 3.30. The highest BCUT2D eigenvalue weighted by molar-refractivity contribution is 5.95. The van der Waals surface area contributed by atoms with Crippen LogP contribution >= 0.6 is 0 Å². The molecule has 6 heteroatoms. The molecule has 1 unspecified atom stereocenters. The lowest BCUT2D eigenvalue weighted by Crippen LogP contribution is -2.48. The SMILES string of the molecule is COC(=O)C1=C(C)N(C2CC2)C(=O)NC1c1cccc(F)c1. The third kappa shape index (κ3) is 2.45. The van der Waals surface area contributed by atoms with Crippen LogP contribution in [0.3, 0.4) is 0 Å². The van der Waals surface area contributed by atoms with Crippen molar-refractivity contribution in [1.29, 1.82) is 0 Å². The average molecular weight is 304 g/mol. The van der Waals surface area contributed by atoms with Crippen molar-refractivity contribution in [3.05, 3.63) is 46.9 Å². The Morgan fingerprint density at radius 3 is 2.73 bits per heavy atom. The van der Waals surface area contributed by atoms with E-state index in [9.17, 15) is 14.0 Å². The van der Waals surface area contributed by atoms with Crippen LogP contribution in [-0.2, 0) is 9.53 Å². The van der Waals surface area contributed by atoms with E-state index in [2.05, 4.69) is 5.32 Å². The number of halogens is 1. The maximum absolute atomic E-state index is 13.5. The minimum Gasteiger partial charge on any atom is -0.466 e. The number of urea groups is 1. The Hall–Kier alpha value is -2.37. The van der Waals surface area contributed by atoms with E-state index in [1.165, 1.54) is 19.2 Å². The van der Waals surface area contributed by atoms with Crippen LogP contribution in [0.1, 0.15) is 31.4 Å². The molecule has 1 fully saturated rings. The number of hydrogen-bond donors (Lipinski definition) is 1. The zero-order chi connectivity index (χ0) is 15.9. The summed E-state index contributed by atoms with van der Waals surface area (Å²) in [5.41, 5.74) is 1.44. The zero-order valence-electron chi connectivity index (χ0n) is 12.4. The van der Waals surface area contributed by atoms with Gasteiger partial charge in [-0.1, -0.05) is 12.1 Å². The Morgan fingerprint density at radius 1 is 1.41 bits per heavy atom. The van der Waals surface area contributed by atoms with E-state index in [4.69, 9.17) is 4.74 Å². The Balaban J connectivity index is 2.08. The second kappa shape index (κ2) is 5.44. The van der Waals surface area contributed by atoms with Gasteiger partial charge in [0.15, 0.2) is 0 Å². The van der Waals surface area contributed by atoms with Crippen LogP contribution in [0, 0.1) is 5.82 Å². The van der Waals surface area contributed by atoms with Crippen LogP contribution in [-0.4, -0.2) is 30.1 Å². The minimum atomic E-state index is -0.703. The number of carbonyl (C=O) groups is 2. The Bertz CT molecular complexity index is 667. The van der Waals surface area contributed by atoms with Crippen molar-refractivity contribution >= 4 is 12.0 Å². The van der Waals surface area contributed by atoms with E-state index < -0.39 is 17.8 Å². The number of carbonyl (C=O) groups excluding carboxylic acids is 2. The predicted molar refractivity (Wildman–Crippen MR) is 77.2 cm³/mol. The first-order chi connectivity index (χ1) is 10.5. The summed E-state index contributed by atoms with van der Waals surface area (Å²) in [7, 11) is 1.29. The molecule has 0 bridgehead atoms. The lowest BCUT2D eigenvalue weighted by Gasteiger charge is -2.35. The molecule has 0 radical (unpaired) electrons. The molecule has 1 aromatic rings. The van der Waals surface area contributed by atoms with Gasteiger partial charge in [-0.15, -0.1) is 0 Å². The summed E-state index contributed by atoms with van der Waals surface area (Å²) in [6.07, 6.45) is 1.84. The lowest BCUT2D eigenvalue weighted by molar-refractivity contribution is -0.136. The number of allylic oxidation sites excluding steroid dienone is 1. The van der Waals surface area contributed by atoms with Gasteiger partial charge in [0.2, 0.25) is 0 Å². The second-order valence-corrected chi connectivity index (χ2v) is 5.53. The monoisotopic (exact) mass is 304 g/mol. The summed E-state index contributed by atoms with van der Waals surface area (Å²) in [4.78, 5) is 26.1. The Kier molecular flexibility index (Phi) is 3.60. The summed E-state index contributed by atoms with van der Waals surface area (Å²) >= 11 is 0. The molecule has 2 aliphatic rings. The number of esters is 1. The lowest BCUT2D eigenvalue weighted by atomic mass is 9.95. The first-order valence-electron chi connectivity index (χ1n) is 7.17. The van der Waals surface area contributed by atoms with E-state index in [-0.39, 0.29) is 12.1 Å². The third-order valence-corrected chi connectivity index (χ3v) is 4.03. The zero-order valence-corrected chi connectivity index (χ0v) is 12.4. The first kappa shape index (κ1) is 14.6. The van der Waals surface area contributed by atoms with Gasteiger partial charge in [0.1, 0.15) is 5.82 Å². The number of ether oxygens (including phenoxy) is 1. The number of nitrogens with one attached hydrogen (secondary N) is 1. The van der Waals surface area contributed by atoms with Gasteiger partial charge in [-0.25, -0.2) is 14.0 Å². The molecule has 0 spiro atoms. The number of hydrogen-bond acceptors (Lipinski definition) is 3. The molecule has 1 atom stereocenters. The van der Waals surface area contributed by atoms with Gasteiger partial charge in [-0.05, 0) is 37.5 Å². The molecule has 1 aliphatic heterocycles. The molecular weight excluding hydrogens is 287 g/mol. The number of methoxy groups -OCH3 is 1. The summed E-state index contributed by atoms with van der Waals surface area (Å²) in [6, 6.07) is 5.03. The third-order valence-electron chi connectivity index (χ3n) is 4.03. The van der Waals surface area contributed by atoms with Gasteiger partial charge in [-0.3, -0.25) is 4.90 Å². The maximum Gasteiger partial charge on any atom is 0.337 e. The highest BCUT2D eigenvalue weighted by atomic mass is 19.1. The van der Waals surface area contributed by atoms with Gasteiger partial charge in [0.25, 0.3) is 0 Å². The molecule has 1 aromatic carbocycles. The number of nitrogens with zero attached hydrogens (tertiary/aromatic N) is 1. The van der Waals surface area contributed by atoms with E-state index >= 15 is 0 Å². The molecule has 5 nitrogen and oxygen atoms in total. The summed E-state index contributed by atoms with van der Waals surface area (Å²) in [6.45, 7) is 1.73. The molecular formula is C16H17FN2O3. The van der Waals surface area contributed by atoms with Crippen LogP contribution in [0.2, 0.25) is 0 Å². The van der Waals surface area contributed by atoms with Crippen molar-refractivity contribution in [3.63, 3.8) is 0 Å². The Labute approximate surface area is 127 Å². The van der Waals surface area contributed by atoms with E-state index in [1.54, 1.807) is 24.0 Å². The van der Waals surface area contributed by atoms with Gasteiger partial charge < -0.3 is 10.1 Å². The molecule has 22 heavy (non-hydrogen) atoms. The largest absolute Gasteiger partial charge is 0.466 e. The number of rotatable bonds is 3. The molecule has 0 saturated heterocycles. The fourth-order valence-corrected chi connectivity index (χ4v) is 2.84. The Morgan fingerprint density at radius 2 is 2.14 bits per heavy atom. The molecule has 1 aliphatic carbocycles. The summed E-state index contributed by atoms with van der Waals surface area (Å²) in [5.74, 6) is -0.935. The molecule has 2 amide bonds. The molecule has 0 aromatic heterocycles. The second-order valence-electron chi connectivity index (χ2n) is 5.53. The van der Waals surface area contributed by atoms with Crippen molar-refractivity contribution in [2.45, 2.75) is 31.8 Å². The van der Waals surface area contributed by atoms with Gasteiger partial charge >= 0.3 is 12.0 Å². The van der Waals surface area contributed by atoms with E-state index in [0.717, 1.165) is 12.8 Å². The van der Waals surface area contributed by atoms with Crippen LogP contribution in [0.25, 0.3) is 0 Å².